The van der Waals surface area contributed by atoms with Gasteiger partial charge in [-0.1, -0.05) is 42.5 Å². The molecule has 1 aromatic heterocycles. The summed E-state index contributed by atoms with van der Waals surface area (Å²) in [4.78, 5) is 27.6. The van der Waals surface area contributed by atoms with E-state index in [1.165, 1.54) is 16.2 Å². The molecule has 0 unspecified atom stereocenters. The number of likely N-dealkylation sites (N-methyl/N-ethyl adjacent to an activating group) is 1. The molecule has 25 heavy (non-hydrogen) atoms. The standard InChI is InChI=1S/C20H16N2O2S/c1-2-22-19(23)17(16-11-6-12-25-16)18(20(22)24)21-15-10-5-8-13-7-3-4-9-14(13)15/h3-12,21H,2H2,1H3. The van der Waals surface area contributed by atoms with E-state index in [1.54, 1.807) is 0 Å². The molecule has 5 heteroatoms. The summed E-state index contributed by atoms with van der Waals surface area (Å²) in [6, 6.07) is 17.6. The van der Waals surface area contributed by atoms with E-state index in [-0.39, 0.29) is 11.8 Å². The summed E-state index contributed by atoms with van der Waals surface area (Å²) < 4.78 is 0. The third-order valence-electron chi connectivity index (χ3n) is 4.30. The van der Waals surface area contributed by atoms with Gasteiger partial charge in [0.05, 0.1) is 5.57 Å². The number of anilines is 1. The molecule has 124 valence electrons. The van der Waals surface area contributed by atoms with Gasteiger partial charge in [-0.15, -0.1) is 11.3 Å². The molecule has 0 bridgehead atoms. The van der Waals surface area contributed by atoms with Crippen molar-refractivity contribution >= 4 is 45.2 Å². The van der Waals surface area contributed by atoms with Gasteiger partial charge in [0.15, 0.2) is 0 Å². The van der Waals surface area contributed by atoms with Crippen LogP contribution in [0.5, 0.6) is 0 Å². The first-order valence-corrected chi connectivity index (χ1v) is 8.97. The molecule has 0 atom stereocenters. The maximum Gasteiger partial charge on any atom is 0.278 e. The zero-order chi connectivity index (χ0) is 17.4. The van der Waals surface area contributed by atoms with Crippen molar-refractivity contribution in [1.29, 1.82) is 0 Å². The summed E-state index contributed by atoms with van der Waals surface area (Å²) in [6.45, 7) is 2.16. The molecule has 1 aliphatic rings. The molecule has 1 aliphatic heterocycles. The highest BCUT2D eigenvalue weighted by Gasteiger charge is 2.38. The number of carbonyl (C=O) groups excluding carboxylic acids is 2. The minimum absolute atomic E-state index is 0.238. The van der Waals surface area contributed by atoms with Gasteiger partial charge in [-0.25, -0.2) is 0 Å². The van der Waals surface area contributed by atoms with Crippen LogP contribution in [-0.4, -0.2) is 23.3 Å². The Morgan fingerprint density at radius 3 is 2.52 bits per heavy atom. The number of nitrogens with zero attached hydrogens (tertiary/aromatic N) is 1. The summed E-state index contributed by atoms with van der Waals surface area (Å²) in [5, 5.41) is 7.24. The Balaban J connectivity index is 1.86. The fourth-order valence-corrected chi connectivity index (χ4v) is 3.87. The second-order valence-electron chi connectivity index (χ2n) is 5.73. The molecule has 4 nitrogen and oxygen atoms in total. The number of hydrogen-bond donors (Lipinski definition) is 1. The Kier molecular flexibility index (Phi) is 3.86. The second-order valence-corrected chi connectivity index (χ2v) is 6.68. The van der Waals surface area contributed by atoms with Gasteiger partial charge in [0.25, 0.3) is 11.8 Å². The van der Waals surface area contributed by atoms with Gasteiger partial charge in [0, 0.05) is 22.5 Å². The predicted molar refractivity (Wildman–Crippen MR) is 101 cm³/mol. The topological polar surface area (TPSA) is 49.4 Å². The van der Waals surface area contributed by atoms with Crippen molar-refractivity contribution in [2.75, 3.05) is 11.9 Å². The van der Waals surface area contributed by atoms with Crippen molar-refractivity contribution < 1.29 is 9.59 Å². The molecule has 2 amide bonds. The lowest BCUT2D eigenvalue weighted by Crippen LogP contribution is -2.32. The zero-order valence-corrected chi connectivity index (χ0v) is 14.5. The fourth-order valence-electron chi connectivity index (χ4n) is 3.10. The summed E-state index contributed by atoms with van der Waals surface area (Å²) in [5.74, 6) is -0.512. The van der Waals surface area contributed by atoms with Crippen molar-refractivity contribution in [1.82, 2.24) is 4.90 Å². The van der Waals surface area contributed by atoms with Gasteiger partial charge in [-0.2, -0.15) is 0 Å². The molecule has 0 fully saturated rings. The molecular formula is C20H16N2O2S. The number of nitrogens with one attached hydrogen (secondary N) is 1. The number of thiophene rings is 1. The molecule has 1 N–H and O–H groups in total. The Hall–Kier alpha value is -2.92. The summed E-state index contributed by atoms with van der Waals surface area (Å²) >= 11 is 1.46. The first-order chi connectivity index (χ1) is 12.2. The molecule has 3 aromatic rings. The summed E-state index contributed by atoms with van der Waals surface area (Å²) in [5.41, 5.74) is 1.63. The van der Waals surface area contributed by atoms with Gasteiger partial charge in [0.1, 0.15) is 5.70 Å². The predicted octanol–water partition coefficient (Wildman–Crippen LogP) is 4.11. The quantitative estimate of drug-likeness (QED) is 0.722. The molecule has 2 heterocycles. The van der Waals surface area contributed by atoms with Crippen LogP contribution in [0.25, 0.3) is 16.3 Å². The van der Waals surface area contributed by atoms with E-state index >= 15 is 0 Å². The van der Waals surface area contributed by atoms with Crippen molar-refractivity contribution in [3.8, 4) is 0 Å². The van der Waals surface area contributed by atoms with Crippen molar-refractivity contribution in [2.24, 2.45) is 0 Å². The molecule has 2 aromatic carbocycles. The van der Waals surface area contributed by atoms with E-state index in [1.807, 2.05) is 66.9 Å². The number of carbonyl (C=O) groups is 2. The van der Waals surface area contributed by atoms with Gasteiger partial charge in [-0.05, 0) is 29.8 Å². The highest BCUT2D eigenvalue weighted by molar-refractivity contribution is 7.11. The van der Waals surface area contributed by atoms with Gasteiger partial charge >= 0.3 is 0 Å². The number of hydrogen-bond acceptors (Lipinski definition) is 4. The highest BCUT2D eigenvalue weighted by Crippen LogP contribution is 2.34. The fraction of sp³-hybridized carbons (Fsp3) is 0.100. The molecular weight excluding hydrogens is 332 g/mol. The van der Waals surface area contributed by atoms with Crippen LogP contribution < -0.4 is 5.32 Å². The Labute approximate surface area is 149 Å². The minimum atomic E-state index is -0.274. The number of amides is 2. The van der Waals surface area contributed by atoms with Crippen molar-refractivity contribution in [3.63, 3.8) is 0 Å². The van der Waals surface area contributed by atoms with E-state index in [9.17, 15) is 9.59 Å². The van der Waals surface area contributed by atoms with Crippen LogP contribution in [0.15, 0.2) is 65.7 Å². The molecule has 0 saturated carbocycles. The molecule has 0 radical (unpaired) electrons. The Morgan fingerprint density at radius 1 is 0.960 bits per heavy atom. The highest BCUT2D eigenvalue weighted by atomic mass is 32.1. The maximum atomic E-state index is 12.8. The maximum absolute atomic E-state index is 12.8. The van der Waals surface area contributed by atoms with Crippen LogP contribution in [0.2, 0.25) is 0 Å². The van der Waals surface area contributed by atoms with Crippen LogP contribution in [0.1, 0.15) is 11.8 Å². The molecule has 0 spiro atoms. The molecule has 0 aliphatic carbocycles. The van der Waals surface area contributed by atoms with Crippen LogP contribution in [0, 0.1) is 0 Å². The number of imide groups is 1. The van der Waals surface area contributed by atoms with Crippen LogP contribution in [0.4, 0.5) is 5.69 Å². The number of rotatable bonds is 4. The van der Waals surface area contributed by atoms with Crippen LogP contribution in [-0.2, 0) is 9.59 Å². The molecule has 4 rings (SSSR count). The first-order valence-electron chi connectivity index (χ1n) is 8.10. The van der Waals surface area contributed by atoms with E-state index in [4.69, 9.17) is 0 Å². The normalized spacial score (nSPS) is 14.7. The average molecular weight is 348 g/mol. The monoisotopic (exact) mass is 348 g/mol. The van der Waals surface area contributed by atoms with Crippen molar-refractivity contribution in [2.45, 2.75) is 6.92 Å². The lowest BCUT2D eigenvalue weighted by Gasteiger charge is -2.13. The third kappa shape index (κ3) is 2.53. The summed E-state index contributed by atoms with van der Waals surface area (Å²) in [6.07, 6.45) is 0. The lowest BCUT2D eigenvalue weighted by atomic mass is 10.1. The summed E-state index contributed by atoms with van der Waals surface area (Å²) in [7, 11) is 0. The largest absolute Gasteiger partial charge is 0.350 e. The van der Waals surface area contributed by atoms with E-state index in [0.29, 0.717) is 17.8 Å². The van der Waals surface area contributed by atoms with E-state index in [0.717, 1.165) is 21.3 Å². The SMILES string of the molecule is CCN1C(=O)C(Nc2cccc3ccccc23)=C(c2cccs2)C1=O. The third-order valence-corrected chi connectivity index (χ3v) is 5.19. The number of benzene rings is 2. The van der Waals surface area contributed by atoms with Gasteiger partial charge in [0.2, 0.25) is 0 Å². The van der Waals surface area contributed by atoms with E-state index in [2.05, 4.69) is 5.32 Å². The Bertz CT molecular complexity index is 1000. The average Bonchev–Trinajstić information content (AvgIpc) is 3.23. The lowest BCUT2D eigenvalue weighted by molar-refractivity contribution is -0.136. The van der Waals surface area contributed by atoms with Crippen LogP contribution >= 0.6 is 11.3 Å². The first kappa shape index (κ1) is 15.6. The van der Waals surface area contributed by atoms with E-state index < -0.39 is 0 Å². The van der Waals surface area contributed by atoms with Crippen LogP contribution in [0.3, 0.4) is 0 Å². The van der Waals surface area contributed by atoms with Crippen molar-refractivity contribution in [3.05, 3.63) is 70.6 Å². The van der Waals surface area contributed by atoms with Gasteiger partial charge in [-0.3, -0.25) is 14.5 Å². The van der Waals surface area contributed by atoms with Gasteiger partial charge < -0.3 is 5.32 Å². The Morgan fingerprint density at radius 2 is 1.76 bits per heavy atom. The smallest absolute Gasteiger partial charge is 0.278 e. The number of fused-ring (bicyclic) bond motifs is 1. The molecule has 0 saturated heterocycles. The second kappa shape index (κ2) is 6.18. The zero-order valence-electron chi connectivity index (χ0n) is 13.7. The minimum Gasteiger partial charge on any atom is -0.350 e.